The first kappa shape index (κ1) is 18.7. The van der Waals surface area contributed by atoms with E-state index >= 15 is 0 Å². The molecule has 1 N–H and O–H groups in total. The molecular formula is C21H24FN3O3. The second-order valence-corrected chi connectivity index (χ2v) is 7.66. The summed E-state index contributed by atoms with van der Waals surface area (Å²) in [4.78, 5) is 30.6. The van der Waals surface area contributed by atoms with Gasteiger partial charge in [0.25, 0.3) is 5.91 Å². The van der Waals surface area contributed by atoms with Gasteiger partial charge in [0, 0.05) is 31.9 Å². The van der Waals surface area contributed by atoms with Crippen molar-refractivity contribution >= 4 is 11.6 Å². The summed E-state index contributed by atoms with van der Waals surface area (Å²) in [5.41, 5.74) is 0.794. The Bertz CT molecular complexity index is 904. The van der Waals surface area contributed by atoms with E-state index in [2.05, 4.69) is 9.88 Å². The molecule has 2 aliphatic heterocycles. The SMILES string of the molecule is CN(c1ccc(F)cc1)C1COC2(CCN(C(=O)c3cccc(=O)[nH]3)CC2)C1. The highest BCUT2D eigenvalue weighted by Crippen LogP contribution is 2.38. The molecule has 1 spiro atoms. The molecule has 6 nitrogen and oxygen atoms in total. The third-order valence-electron chi connectivity index (χ3n) is 5.93. The fourth-order valence-corrected chi connectivity index (χ4v) is 4.16. The first-order valence-corrected chi connectivity index (χ1v) is 9.57. The second kappa shape index (κ2) is 7.39. The molecule has 1 unspecified atom stereocenters. The van der Waals surface area contributed by atoms with Gasteiger partial charge in [-0.25, -0.2) is 4.39 Å². The van der Waals surface area contributed by atoms with Crippen LogP contribution in [0.3, 0.4) is 0 Å². The predicted molar refractivity (Wildman–Crippen MR) is 104 cm³/mol. The number of benzene rings is 1. The van der Waals surface area contributed by atoms with Crippen LogP contribution in [-0.2, 0) is 4.74 Å². The summed E-state index contributed by atoms with van der Waals surface area (Å²) in [5.74, 6) is -0.390. The quantitative estimate of drug-likeness (QED) is 0.881. The molecule has 2 aliphatic rings. The molecular weight excluding hydrogens is 361 g/mol. The number of ether oxygens (including phenoxy) is 1. The van der Waals surface area contributed by atoms with Crippen LogP contribution in [0.1, 0.15) is 29.8 Å². The number of amides is 1. The maximum atomic E-state index is 13.2. The zero-order valence-electron chi connectivity index (χ0n) is 15.9. The zero-order chi connectivity index (χ0) is 19.7. The number of likely N-dealkylation sites (tertiary alicyclic amines) is 1. The summed E-state index contributed by atoms with van der Waals surface area (Å²) in [5, 5.41) is 0. The van der Waals surface area contributed by atoms with Crippen LogP contribution < -0.4 is 10.5 Å². The standard InChI is InChI=1S/C21H24FN3O3/c1-24(16-7-5-15(22)6-8-16)17-13-21(28-14-17)9-11-25(12-10-21)20(27)18-3-2-4-19(26)23-18/h2-8,17H,9-14H2,1H3,(H,23,26). The average molecular weight is 385 g/mol. The Morgan fingerprint density at radius 3 is 2.61 bits per heavy atom. The molecule has 1 atom stereocenters. The number of hydrogen-bond acceptors (Lipinski definition) is 4. The maximum absolute atomic E-state index is 13.2. The van der Waals surface area contributed by atoms with Gasteiger partial charge in [0.2, 0.25) is 5.56 Å². The van der Waals surface area contributed by atoms with Crippen LogP contribution in [0, 0.1) is 5.82 Å². The first-order valence-electron chi connectivity index (χ1n) is 9.57. The van der Waals surface area contributed by atoms with Crippen LogP contribution in [0.25, 0.3) is 0 Å². The smallest absolute Gasteiger partial charge is 0.270 e. The number of carbonyl (C=O) groups excluding carboxylic acids is 1. The number of aromatic nitrogens is 1. The minimum Gasteiger partial charge on any atom is -0.373 e. The van der Waals surface area contributed by atoms with Crippen LogP contribution in [0.5, 0.6) is 0 Å². The van der Waals surface area contributed by atoms with Gasteiger partial charge in [-0.2, -0.15) is 0 Å². The normalized spacial score (nSPS) is 21.1. The molecule has 0 bridgehead atoms. The summed E-state index contributed by atoms with van der Waals surface area (Å²) in [6.45, 7) is 1.82. The molecule has 4 rings (SSSR count). The maximum Gasteiger partial charge on any atom is 0.270 e. The van der Waals surface area contributed by atoms with Crippen molar-refractivity contribution in [1.82, 2.24) is 9.88 Å². The number of piperidine rings is 1. The number of pyridine rings is 1. The van der Waals surface area contributed by atoms with Crippen molar-refractivity contribution in [2.45, 2.75) is 30.9 Å². The minimum atomic E-state index is -0.273. The summed E-state index contributed by atoms with van der Waals surface area (Å²) in [6, 6.07) is 11.3. The predicted octanol–water partition coefficient (Wildman–Crippen LogP) is 2.41. The Morgan fingerprint density at radius 2 is 1.93 bits per heavy atom. The topological polar surface area (TPSA) is 65.6 Å². The zero-order valence-corrected chi connectivity index (χ0v) is 15.9. The Morgan fingerprint density at radius 1 is 1.21 bits per heavy atom. The molecule has 3 heterocycles. The minimum absolute atomic E-state index is 0.148. The number of nitrogens with one attached hydrogen (secondary N) is 1. The van der Waals surface area contributed by atoms with Crippen molar-refractivity contribution in [3.63, 3.8) is 0 Å². The van der Waals surface area contributed by atoms with Gasteiger partial charge >= 0.3 is 0 Å². The lowest BCUT2D eigenvalue weighted by molar-refractivity contribution is -0.0389. The van der Waals surface area contributed by atoms with Crippen LogP contribution >= 0.6 is 0 Å². The third kappa shape index (κ3) is 3.67. The molecule has 0 radical (unpaired) electrons. The Balaban J connectivity index is 1.37. The molecule has 2 saturated heterocycles. The molecule has 148 valence electrons. The molecule has 2 fully saturated rings. The molecule has 28 heavy (non-hydrogen) atoms. The van der Waals surface area contributed by atoms with Gasteiger partial charge in [-0.15, -0.1) is 0 Å². The highest BCUT2D eigenvalue weighted by Gasteiger charge is 2.44. The van der Waals surface area contributed by atoms with E-state index in [0.717, 1.165) is 24.9 Å². The van der Waals surface area contributed by atoms with Gasteiger partial charge in [-0.3, -0.25) is 9.59 Å². The summed E-state index contributed by atoms with van der Waals surface area (Å²) >= 11 is 0. The largest absolute Gasteiger partial charge is 0.373 e. The Hall–Kier alpha value is -2.67. The van der Waals surface area contributed by atoms with Crippen LogP contribution in [0.2, 0.25) is 0 Å². The van der Waals surface area contributed by atoms with Crippen molar-refractivity contribution in [2.75, 3.05) is 31.6 Å². The number of likely N-dealkylation sites (N-methyl/N-ethyl adjacent to an activating group) is 1. The van der Waals surface area contributed by atoms with Crippen molar-refractivity contribution < 1.29 is 13.9 Å². The first-order chi connectivity index (χ1) is 13.5. The Kier molecular flexibility index (Phi) is 4.93. The Labute approximate surface area is 162 Å². The number of hydrogen-bond donors (Lipinski definition) is 1. The number of rotatable bonds is 3. The van der Waals surface area contributed by atoms with E-state index in [-0.39, 0.29) is 28.9 Å². The fourth-order valence-electron chi connectivity index (χ4n) is 4.16. The lowest BCUT2D eigenvalue weighted by atomic mass is 9.87. The number of halogens is 1. The molecule has 0 saturated carbocycles. The van der Waals surface area contributed by atoms with Crippen molar-refractivity contribution in [2.24, 2.45) is 0 Å². The van der Waals surface area contributed by atoms with E-state index in [1.165, 1.54) is 18.2 Å². The number of carbonyl (C=O) groups is 1. The van der Waals surface area contributed by atoms with Crippen LogP contribution in [0.4, 0.5) is 10.1 Å². The van der Waals surface area contributed by atoms with Crippen molar-refractivity contribution in [3.05, 3.63) is 64.3 Å². The fraction of sp³-hybridized carbons (Fsp3) is 0.429. The van der Waals surface area contributed by atoms with E-state index in [0.29, 0.717) is 25.4 Å². The van der Waals surface area contributed by atoms with E-state index in [1.54, 1.807) is 29.2 Å². The number of nitrogens with zero attached hydrogens (tertiary/aromatic N) is 2. The summed E-state index contributed by atoms with van der Waals surface area (Å²) < 4.78 is 19.4. The van der Waals surface area contributed by atoms with Gasteiger partial charge < -0.3 is 19.5 Å². The number of aromatic amines is 1. The molecule has 1 aromatic carbocycles. The number of H-pyrrole nitrogens is 1. The average Bonchev–Trinajstić information content (AvgIpc) is 3.12. The molecule has 2 aromatic rings. The van der Waals surface area contributed by atoms with Crippen LogP contribution in [0.15, 0.2) is 47.3 Å². The highest BCUT2D eigenvalue weighted by atomic mass is 19.1. The lowest BCUT2D eigenvalue weighted by Gasteiger charge is -2.39. The molecule has 1 aromatic heterocycles. The van der Waals surface area contributed by atoms with Gasteiger partial charge in [-0.05, 0) is 49.6 Å². The second-order valence-electron chi connectivity index (χ2n) is 7.66. The van der Waals surface area contributed by atoms with Crippen molar-refractivity contribution in [1.29, 1.82) is 0 Å². The van der Waals surface area contributed by atoms with E-state index in [1.807, 2.05) is 7.05 Å². The van der Waals surface area contributed by atoms with E-state index < -0.39 is 0 Å². The molecule has 1 amide bonds. The van der Waals surface area contributed by atoms with Crippen molar-refractivity contribution in [3.8, 4) is 0 Å². The van der Waals surface area contributed by atoms with Gasteiger partial charge in [0.15, 0.2) is 0 Å². The highest BCUT2D eigenvalue weighted by molar-refractivity contribution is 5.92. The molecule has 0 aliphatic carbocycles. The summed E-state index contributed by atoms with van der Waals surface area (Å²) in [6.07, 6.45) is 2.41. The number of anilines is 1. The molecule has 7 heteroatoms. The monoisotopic (exact) mass is 385 g/mol. The van der Waals surface area contributed by atoms with E-state index in [9.17, 15) is 14.0 Å². The van der Waals surface area contributed by atoms with Crippen LogP contribution in [-0.4, -0.2) is 54.2 Å². The third-order valence-corrected chi connectivity index (χ3v) is 5.93. The lowest BCUT2D eigenvalue weighted by Crippen LogP contribution is -2.47. The van der Waals surface area contributed by atoms with Gasteiger partial charge in [0.05, 0.1) is 18.2 Å². The van der Waals surface area contributed by atoms with E-state index in [4.69, 9.17) is 4.74 Å². The van der Waals surface area contributed by atoms with Gasteiger partial charge in [-0.1, -0.05) is 6.07 Å². The van der Waals surface area contributed by atoms with Gasteiger partial charge in [0.1, 0.15) is 11.5 Å². The summed E-state index contributed by atoms with van der Waals surface area (Å²) in [7, 11) is 2.00.